The molecule has 1 heterocycles. The molecule has 17 heavy (non-hydrogen) atoms. The van der Waals surface area contributed by atoms with E-state index in [1.165, 1.54) is 0 Å². The van der Waals surface area contributed by atoms with E-state index in [0.717, 1.165) is 13.1 Å². The maximum Gasteiger partial charge on any atom is 0.241 e. The molecular weight excluding hydrogens is 216 g/mol. The Labute approximate surface area is 103 Å². The average Bonchev–Trinajstić information content (AvgIpc) is 2.70. The maximum absolute atomic E-state index is 11.9. The Hall–Kier alpha value is -1.06. The molecule has 1 saturated carbocycles. The molecule has 4 nitrogen and oxygen atoms in total. The number of hydrogen-bond donors (Lipinski definition) is 1. The summed E-state index contributed by atoms with van der Waals surface area (Å²) in [6.07, 6.45) is 0. The van der Waals surface area contributed by atoms with Crippen molar-refractivity contribution in [1.82, 2.24) is 10.2 Å². The molecule has 0 bridgehead atoms. The molecule has 0 spiro atoms. The molecule has 1 aliphatic heterocycles. The zero-order valence-corrected chi connectivity index (χ0v) is 11.1. The van der Waals surface area contributed by atoms with Gasteiger partial charge in [0, 0.05) is 19.0 Å². The number of likely N-dealkylation sites (tertiary alicyclic amines) is 1. The van der Waals surface area contributed by atoms with Crippen LogP contribution in [-0.4, -0.2) is 36.3 Å². The second kappa shape index (κ2) is 4.00. The van der Waals surface area contributed by atoms with Crippen molar-refractivity contribution < 1.29 is 9.59 Å². The monoisotopic (exact) mass is 238 g/mol. The fourth-order valence-corrected chi connectivity index (χ4v) is 2.81. The van der Waals surface area contributed by atoms with Crippen molar-refractivity contribution in [2.45, 2.75) is 27.7 Å². The molecule has 96 valence electrons. The summed E-state index contributed by atoms with van der Waals surface area (Å²) in [6.45, 7) is 10.1. The molecule has 4 heteroatoms. The summed E-state index contributed by atoms with van der Waals surface area (Å²) >= 11 is 0. The Bertz CT molecular complexity index is 335. The number of fused-ring (bicyclic) bond motifs is 1. The van der Waals surface area contributed by atoms with Crippen LogP contribution in [0.2, 0.25) is 0 Å². The van der Waals surface area contributed by atoms with Crippen molar-refractivity contribution in [2.24, 2.45) is 23.2 Å². The first-order valence-electron chi connectivity index (χ1n) is 6.39. The van der Waals surface area contributed by atoms with E-state index >= 15 is 0 Å². The smallest absolute Gasteiger partial charge is 0.241 e. The minimum absolute atomic E-state index is 0.0527. The third kappa shape index (κ3) is 2.17. The third-order valence-corrected chi connectivity index (χ3v) is 4.41. The van der Waals surface area contributed by atoms with Crippen molar-refractivity contribution >= 4 is 11.8 Å². The number of piperidine rings is 1. The van der Waals surface area contributed by atoms with E-state index in [-0.39, 0.29) is 24.3 Å². The van der Waals surface area contributed by atoms with Crippen LogP contribution in [0.15, 0.2) is 0 Å². The fourth-order valence-electron chi connectivity index (χ4n) is 2.81. The number of carbonyl (C=O) groups is 2. The van der Waals surface area contributed by atoms with E-state index < -0.39 is 0 Å². The van der Waals surface area contributed by atoms with Crippen LogP contribution in [0.3, 0.4) is 0 Å². The molecule has 1 N–H and O–H groups in total. The van der Waals surface area contributed by atoms with Gasteiger partial charge < -0.3 is 10.2 Å². The van der Waals surface area contributed by atoms with Gasteiger partial charge in [0.15, 0.2) is 0 Å². The van der Waals surface area contributed by atoms with Crippen LogP contribution in [0.25, 0.3) is 0 Å². The number of nitrogens with zero attached hydrogens (tertiary/aromatic N) is 1. The molecule has 2 atom stereocenters. The lowest BCUT2D eigenvalue weighted by molar-refractivity contribution is -0.133. The largest absolute Gasteiger partial charge is 0.347 e. The van der Waals surface area contributed by atoms with Gasteiger partial charge in [-0.2, -0.15) is 0 Å². The molecule has 0 radical (unpaired) electrons. The summed E-state index contributed by atoms with van der Waals surface area (Å²) in [7, 11) is 0. The molecule has 0 aromatic heterocycles. The molecule has 2 amide bonds. The van der Waals surface area contributed by atoms with E-state index in [9.17, 15) is 9.59 Å². The third-order valence-electron chi connectivity index (χ3n) is 4.41. The molecule has 1 aliphatic carbocycles. The molecular formula is C13H22N2O2. The summed E-state index contributed by atoms with van der Waals surface area (Å²) in [5, 5.41) is 2.68. The number of hydrogen-bond acceptors (Lipinski definition) is 2. The van der Waals surface area contributed by atoms with Crippen molar-refractivity contribution in [1.29, 1.82) is 0 Å². The van der Waals surface area contributed by atoms with Gasteiger partial charge in [0.1, 0.15) is 0 Å². The normalized spacial score (nSPS) is 29.1. The van der Waals surface area contributed by atoms with Crippen LogP contribution in [0.5, 0.6) is 0 Å². The first-order chi connectivity index (χ1) is 7.84. The van der Waals surface area contributed by atoms with Crippen LogP contribution in [-0.2, 0) is 9.59 Å². The number of rotatable bonds is 3. The Morgan fingerprint density at radius 2 is 1.82 bits per heavy atom. The highest BCUT2D eigenvalue weighted by atomic mass is 16.2. The molecule has 1 saturated heterocycles. The molecule has 2 aliphatic rings. The lowest BCUT2D eigenvalue weighted by Crippen LogP contribution is -2.41. The van der Waals surface area contributed by atoms with E-state index in [1.807, 2.05) is 18.7 Å². The van der Waals surface area contributed by atoms with E-state index in [2.05, 4.69) is 19.2 Å². The topological polar surface area (TPSA) is 49.4 Å². The maximum atomic E-state index is 11.9. The molecule has 2 unspecified atom stereocenters. The zero-order valence-electron chi connectivity index (χ0n) is 11.1. The Balaban J connectivity index is 1.75. The van der Waals surface area contributed by atoms with E-state index in [4.69, 9.17) is 0 Å². The van der Waals surface area contributed by atoms with Crippen molar-refractivity contribution in [3.8, 4) is 0 Å². The highest BCUT2D eigenvalue weighted by Crippen LogP contribution is 2.61. The highest BCUT2D eigenvalue weighted by molar-refractivity contribution is 5.85. The summed E-state index contributed by atoms with van der Waals surface area (Å²) < 4.78 is 0. The minimum atomic E-state index is -0.0614. The number of amides is 2. The Kier molecular flexibility index (Phi) is 2.92. The van der Waals surface area contributed by atoms with Gasteiger partial charge in [-0.05, 0) is 17.3 Å². The lowest BCUT2D eigenvalue weighted by atomic mass is 10.1. The van der Waals surface area contributed by atoms with Gasteiger partial charge in [0.05, 0.1) is 6.54 Å². The fraction of sp³-hybridized carbons (Fsp3) is 0.846. The second-order valence-electron chi connectivity index (χ2n) is 6.21. The summed E-state index contributed by atoms with van der Waals surface area (Å²) in [6, 6.07) is 0. The molecule has 0 aromatic rings. The van der Waals surface area contributed by atoms with Crippen molar-refractivity contribution in [3.05, 3.63) is 0 Å². The standard InChI is InChI=1S/C13H22N2O2/c1-8(2)12(17)14-5-11(16)15-6-9-10(7-15)13(9,3)4/h8-10H,5-7H2,1-4H3,(H,14,17). The van der Waals surface area contributed by atoms with Gasteiger partial charge in [0.25, 0.3) is 0 Å². The van der Waals surface area contributed by atoms with E-state index in [0.29, 0.717) is 17.3 Å². The number of nitrogens with one attached hydrogen (secondary N) is 1. The summed E-state index contributed by atoms with van der Waals surface area (Å²) in [4.78, 5) is 25.1. The van der Waals surface area contributed by atoms with Crippen LogP contribution in [0.1, 0.15) is 27.7 Å². The van der Waals surface area contributed by atoms with Gasteiger partial charge in [0.2, 0.25) is 11.8 Å². The number of carbonyl (C=O) groups excluding carboxylic acids is 2. The van der Waals surface area contributed by atoms with Gasteiger partial charge in [-0.15, -0.1) is 0 Å². The van der Waals surface area contributed by atoms with Crippen LogP contribution in [0, 0.1) is 23.2 Å². The summed E-state index contributed by atoms with van der Waals surface area (Å²) in [5.41, 5.74) is 0.429. The first kappa shape index (κ1) is 12.4. The van der Waals surface area contributed by atoms with Gasteiger partial charge in [-0.25, -0.2) is 0 Å². The van der Waals surface area contributed by atoms with Crippen molar-refractivity contribution in [2.75, 3.05) is 19.6 Å². The van der Waals surface area contributed by atoms with Gasteiger partial charge in [-0.3, -0.25) is 9.59 Å². The quantitative estimate of drug-likeness (QED) is 0.793. The SMILES string of the molecule is CC(C)C(=O)NCC(=O)N1CC2C(C1)C2(C)C. The van der Waals surface area contributed by atoms with Crippen LogP contribution < -0.4 is 5.32 Å². The Morgan fingerprint density at radius 1 is 1.29 bits per heavy atom. The molecule has 0 aromatic carbocycles. The predicted molar refractivity (Wildman–Crippen MR) is 65.2 cm³/mol. The second-order valence-corrected chi connectivity index (χ2v) is 6.21. The first-order valence-corrected chi connectivity index (χ1v) is 6.39. The Morgan fingerprint density at radius 3 is 2.29 bits per heavy atom. The van der Waals surface area contributed by atoms with Crippen LogP contribution in [0.4, 0.5) is 0 Å². The van der Waals surface area contributed by atoms with Crippen molar-refractivity contribution in [3.63, 3.8) is 0 Å². The van der Waals surface area contributed by atoms with Gasteiger partial charge in [-0.1, -0.05) is 27.7 Å². The van der Waals surface area contributed by atoms with E-state index in [1.54, 1.807) is 0 Å². The highest BCUT2D eigenvalue weighted by Gasteiger charge is 2.62. The van der Waals surface area contributed by atoms with Crippen LogP contribution >= 0.6 is 0 Å². The average molecular weight is 238 g/mol. The molecule has 2 rings (SSSR count). The zero-order chi connectivity index (χ0) is 12.8. The summed E-state index contributed by atoms with van der Waals surface area (Å²) in [5.74, 6) is 1.29. The predicted octanol–water partition coefficient (Wildman–Crippen LogP) is 0.873. The minimum Gasteiger partial charge on any atom is -0.347 e. The molecule has 2 fully saturated rings. The van der Waals surface area contributed by atoms with Gasteiger partial charge >= 0.3 is 0 Å². The lowest BCUT2D eigenvalue weighted by Gasteiger charge is -2.22.